The van der Waals surface area contributed by atoms with Crippen LogP contribution in [0.3, 0.4) is 0 Å². The van der Waals surface area contributed by atoms with Crippen molar-refractivity contribution in [3.8, 4) is 50.7 Å². The van der Waals surface area contributed by atoms with E-state index in [1.165, 1.54) is 60.0 Å². The van der Waals surface area contributed by atoms with Gasteiger partial charge in [-0.3, -0.25) is 0 Å². The van der Waals surface area contributed by atoms with Gasteiger partial charge in [0.2, 0.25) is 0 Å². The van der Waals surface area contributed by atoms with Crippen LogP contribution in [0.4, 0.5) is 0 Å². The SMILES string of the molecule is CC1(C)c2ccccc2-c2ccc3c(c21)c1ccccc1n3-c1ccc(-c2nc(-c3ccccc3)c3c(n2)-c2ccccc2[Si]3(C)C)cc1. The fourth-order valence-corrected chi connectivity index (χ4v) is 12.2. The minimum absolute atomic E-state index is 0.0956. The third-order valence-electron chi connectivity index (χ3n) is 11.2. The molecule has 6 aromatic carbocycles. The van der Waals surface area contributed by atoms with Crippen molar-refractivity contribution in [2.24, 2.45) is 0 Å². The smallest absolute Gasteiger partial charge is 0.160 e. The lowest BCUT2D eigenvalue weighted by Gasteiger charge is -2.22. The van der Waals surface area contributed by atoms with Gasteiger partial charge in [0.25, 0.3) is 0 Å². The Bertz CT molecular complexity index is 2650. The Morgan fingerprint density at radius 2 is 1.22 bits per heavy atom. The molecule has 49 heavy (non-hydrogen) atoms. The van der Waals surface area contributed by atoms with Crippen LogP contribution in [0.25, 0.3) is 72.5 Å². The molecule has 234 valence electrons. The minimum Gasteiger partial charge on any atom is -0.309 e. The molecule has 2 aliphatic rings. The molecule has 0 saturated carbocycles. The van der Waals surface area contributed by atoms with Crippen molar-refractivity contribution in [2.45, 2.75) is 32.4 Å². The number of para-hydroxylation sites is 1. The second-order valence-electron chi connectivity index (χ2n) is 14.6. The van der Waals surface area contributed by atoms with E-state index in [-0.39, 0.29) is 5.41 Å². The third kappa shape index (κ3) is 3.83. The molecule has 0 unspecified atom stereocenters. The zero-order valence-corrected chi connectivity index (χ0v) is 29.1. The molecule has 8 aromatic rings. The van der Waals surface area contributed by atoms with Crippen LogP contribution in [0.2, 0.25) is 13.1 Å². The predicted octanol–water partition coefficient (Wildman–Crippen LogP) is 10.0. The van der Waals surface area contributed by atoms with Gasteiger partial charge in [0.1, 0.15) is 8.07 Å². The molecule has 3 nitrogen and oxygen atoms in total. The summed E-state index contributed by atoms with van der Waals surface area (Å²) in [6.07, 6.45) is 0. The van der Waals surface area contributed by atoms with Crippen LogP contribution < -0.4 is 10.4 Å². The molecule has 2 aromatic heterocycles. The molecule has 3 heterocycles. The van der Waals surface area contributed by atoms with Crippen LogP contribution in [0.5, 0.6) is 0 Å². The number of benzene rings is 6. The van der Waals surface area contributed by atoms with Crippen LogP contribution in [-0.2, 0) is 5.41 Å². The molecular weight excluding hydrogens is 611 g/mol. The number of aromatic nitrogens is 3. The maximum Gasteiger partial charge on any atom is 0.160 e. The number of hydrogen-bond donors (Lipinski definition) is 0. The highest BCUT2D eigenvalue weighted by atomic mass is 28.3. The van der Waals surface area contributed by atoms with Gasteiger partial charge in [-0.25, -0.2) is 9.97 Å². The summed E-state index contributed by atoms with van der Waals surface area (Å²) < 4.78 is 2.43. The average Bonchev–Trinajstić information content (AvgIpc) is 3.69. The molecule has 0 radical (unpaired) electrons. The molecule has 0 N–H and O–H groups in total. The zero-order chi connectivity index (χ0) is 33.1. The molecule has 10 rings (SSSR count). The van der Waals surface area contributed by atoms with Crippen molar-refractivity contribution in [1.29, 1.82) is 0 Å². The van der Waals surface area contributed by atoms with Gasteiger partial charge in [-0.1, -0.05) is 130 Å². The summed E-state index contributed by atoms with van der Waals surface area (Å²) in [5.41, 5.74) is 14.6. The molecule has 0 bridgehead atoms. The van der Waals surface area contributed by atoms with E-state index >= 15 is 0 Å². The summed E-state index contributed by atoms with van der Waals surface area (Å²) >= 11 is 0. The van der Waals surface area contributed by atoms with Gasteiger partial charge in [-0.05, 0) is 74.6 Å². The van der Waals surface area contributed by atoms with Crippen LogP contribution in [0, 0.1) is 0 Å². The molecule has 0 atom stereocenters. The fourth-order valence-electron chi connectivity index (χ4n) is 8.92. The summed E-state index contributed by atoms with van der Waals surface area (Å²) in [7, 11) is -2.00. The zero-order valence-electron chi connectivity index (χ0n) is 28.1. The summed E-state index contributed by atoms with van der Waals surface area (Å²) in [6.45, 7) is 9.62. The largest absolute Gasteiger partial charge is 0.309 e. The van der Waals surface area contributed by atoms with Crippen LogP contribution in [0.1, 0.15) is 25.0 Å². The van der Waals surface area contributed by atoms with E-state index < -0.39 is 8.07 Å². The minimum atomic E-state index is -2.00. The molecule has 0 spiro atoms. The van der Waals surface area contributed by atoms with Crippen LogP contribution in [0.15, 0.2) is 140 Å². The normalized spacial score (nSPS) is 14.9. The van der Waals surface area contributed by atoms with Gasteiger partial charge in [-0.15, -0.1) is 0 Å². The summed E-state index contributed by atoms with van der Waals surface area (Å²) in [4.78, 5) is 10.7. The van der Waals surface area contributed by atoms with E-state index in [2.05, 4.69) is 171 Å². The van der Waals surface area contributed by atoms with Gasteiger partial charge < -0.3 is 4.57 Å². The Morgan fingerprint density at radius 1 is 0.551 bits per heavy atom. The standard InChI is InChI=1S/C45H35N3Si/c1-45(2)35-19-11-8-16-31(35)32-26-27-37-39(40(32)45)33-17-9-12-20-36(33)48(37)30-24-22-29(23-25-30)44-46-41(28-14-6-5-7-15-28)43-42(47-44)34-18-10-13-21-38(34)49(43,3)4/h5-27H,1-4H3. The van der Waals surface area contributed by atoms with Crippen LogP contribution in [-0.4, -0.2) is 22.6 Å². The maximum atomic E-state index is 5.35. The van der Waals surface area contributed by atoms with Crippen molar-refractivity contribution >= 4 is 40.3 Å². The van der Waals surface area contributed by atoms with Crippen molar-refractivity contribution in [3.63, 3.8) is 0 Å². The second kappa shape index (κ2) is 9.97. The van der Waals surface area contributed by atoms with Gasteiger partial charge in [-0.2, -0.15) is 0 Å². The van der Waals surface area contributed by atoms with E-state index in [0.717, 1.165) is 34.0 Å². The lowest BCUT2D eigenvalue weighted by atomic mass is 9.80. The van der Waals surface area contributed by atoms with E-state index in [4.69, 9.17) is 9.97 Å². The van der Waals surface area contributed by atoms with Gasteiger partial charge >= 0.3 is 0 Å². The number of fused-ring (bicyclic) bond motifs is 10. The second-order valence-corrected chi connectivity index (χ2v) is 18.9. The number of rotatable bonds is 3. The molecule has 1 aliphatic heterocycles. The van der Waals surface area contributed by atoms with Crippen LogP contribution >= 0.6 is 0 Å². The molecular formula is C45H35N3Si. The number of nitrogens with zero attached hydrogens (tertiary/aromatic N) is 3. The lowest BCUT2D eigenvalue weighted by molar-refractivity contribution is 0.666. The quantitative estimate of drug-likeness (QED) is 0.179. The fraction of sp³-hybridized carbons (Fsp3) is 0.111. The Hall–Kier alpha value is -5.58. The van der Waals surface area contributed by atoms with E-state index in [1.54, 1.807) is 0 Å². The monoisotopic (exact) mass is 645 g/mol. The topological polar surface area (TPSA) is 30.7 Å². The van der Waals surface area contributed by atoms with E-state index in [1.807, 2.05) is 0 Å². The van der Waals surface area contributed by atoms with Crippen molar-refractivity contribution in [1.82, 2.24) is 14.5 Å². The highest BCUT2D eigenvalue weighted by molar-refractivity contribution is 7.04. The first-order chi connectivity index (χ1) is 23.8. The summed E-state index contributed by atoms with van der Waals surface area (Å²) in [5.74, 6) is 0.769. The highest BCUT2D eigenvalue weighted by Gasteiger charge is 2.42. The Balaban J connectivity index is 1.16. The lowest BCUT2D eigenvalue weighted by Crippen LogP contribution is -2.50. The molecule has 0 amide bonds. The van der Waals surface area contributed by atoms with E-state index in [0.29, 0.717) is 0 Å². The summed E-state index contributed by atoms with van der Waals surface area (Å²) in [6, 6.07) is 50.8. The maximum absolute atomic E-state index is 5.35. The predicted molar refractivity (Wildman–Crippen MR) is 207 cm³/mol. The Kier molecular flexibility index (Phi) is 5.79. The first-order valence-electron chi connectivity index (χ1n) is 17.2. The van der Waals surface area contributed by atoms with Gasteiger partial charge in [0, 0.05) is 33.0 Å². The van der Waals surface area contributed by atoms with E-state index in [9.17, 15) is 0 Å². The molecule has 1 aliphatic carbocycles. The van der Waals surface area contributed by atoms with Crippen molar-refractivity contribution in [3.05, 3.63) is 151 Å². The van der Waals surface area contributed by atoms with Gasteiger partial charge in [0.05, 0.1) is 22.4 Å². The molecule has 4 heteroatoms. The number of hydrogen-bond acceptors (Lipinski definition) is 2. The summed E-state index contributed by atoms with van der Waals surface area (Å²) in [5, 5.41) is 5.41. The highest BCUT2D eigenvalue weighted by Crippen LogP contribution is 2.53. The third-order valence-corrected chi connectivity index (χ3v) is 14.7. The molecule has 0 fully saturated rings. The first-order valence-corrected chi connectivity index (χ1v) is 20.2. The molecule has 0 saturated heterocycles. The average molecular weight is 646 g/mol. The first kappa shape index (κ1) is 28.4. The van der Waals surface area contributed by atoms with Crippen molar-refractivity contribution < 1.29 is 0 Å². The Labute approximate surface area is 287 Å². The van der Waals surface area contributed by atoms with Crippen molar-refractivity contribution in [2.75, 3.05) is 0 Å². The Morgan fingerprint density at radius 3 is 2.04 bits per heavy atom. The van der Waals surface area contributed by atoms with Gasteiger partial charge in [0.15, 0.2) is 5.82 Å².